The molecule has 0 amide bonds. The molecule has 6 nitrogen and oxygen atoms in total. The maximum atomic E-state index is 11.5. The summed E-state index contributed by atoms with van der Waals surface area (Å²) < 4.78 is 30.2. The summed E-state index contributed by atoms with van der Waals surface area (Å²) in [5.41, 5.74) is 0. The lowest BCUT2D eigenvalue weighted by Crippen LogP contribution is -2.16. The molecule has 0 radical (unpaired) electrons. The zero-order chi connectivity index (χ0) is 14.4. The van der Waals surface area contributed by atoms with E-state index in [4.69, 9.17) is 4.74 Å². The summed E-state index contributed by atoms with van der Waals surface area (Å²) >= 11 is 0. The summed E-state index contributed by atoms with van der Waals surface area (Å²) in [5.74, 6) is 1.64. The van der Waals surface area contributed by atoms with Gasteiger partial charge in [0.2, 0.25) is 5.95 Å². The van der Waals surface area contributed by atoms with Crippen LogP contribution in [-0.2, 0) is 21.1 Å². The molecule has 1 saturated heterocycles. The first kappa shape index (κ1) is 15.3. The van der Waals surface area contributed by atoms with E-state index in [1.54, 1.807) is 6.20 Å². The molecule has 2 rings (SSSR count). The van der Waals surface area contributed by atoms with Crippen molar-refractivity contribution in [2.45, 2.75) is 26.3 Å². The lowest BCUT2D eigenvalue weighted by atomic mass is 10.1. The molecule has 0 aliphatic carbocycles. The lowest BCUT2D eigenvalue weighted by Gasteiger charge is -2.13. The van der Waals surface area contributed by atoms with Gasteiger partial charge in [-0.15, -0.1) is 0 Å². The SMILES string of the molecule is CCOCCCNc1nccn1CC1CCS(=O)(=O)C1. The summed E-state index contributed by atoms with van der Waals surface area (Å²) in [5, 5.41) is 3.27. The Bertz CT molecular complexity index is 513. The topological polar surface area (TPSA) is 73.2 Å². The molecule has 0 saturated carbocycles. The van der Waals surface area contributed by atoms with Gasteiger partial charge in [-0.3, -0.25) is 0 Å². The smallest absolute Gasteiger partial charge is 0.202 e. The predicted molar refractivity (Wildman–Crippen MR) is 78.6 cm³/mol. The first-order chi connectivity index (χ1) is 9.61. The zero-order valence-electron chi connectivity index (χ0n) is 11.9. The van der Waals surface area contributed by atoms with E-state index >= 15 is 0 Å². The Morgan fingerprint density at radius 3 is 3.10 bits per heavy atom. The standard InChI is InChI=1S/C13H23N3O3S/c1-2-19-8-3-5-14-13-15-6-7-16(13)10-12-4-9-20(17,18)11-12/h6-7,12H,2-5,8-11H2,1H3,(H,14,15). The van der Waals surface area contributed by atoms with Crippen molar-refractivity contribution in [1.29, 1.82) is 0 Å². The van der Waals surface area contributed by atoms with Crippen LogP contribution in [0.25, 0.3) is 0 Å². The van der Waals surface area contributed by atoms with Crippen molar-refractivity contribution in [2.24, 2.45) is 5.92 Å². The van der Waals surface area contributed by atoms with Crippen molar-refractivity contribution < 1.29 is 13.2 Å². The molecular weight excluding hydrogens is 278 g/mol. The molecule has 7 heteroatoms. The fourth-order valence-corrected chi connectivity index (χ4v) is 4.29. The third-order valence-electron chi connectivity index (χ3n) is 3.45. The van der Waals surface area contributed by atoms with E-state index in [9.17, 15) is 8.42 Å². The van der Waals surface area contributed by atoms with Crippen molar-refractivity contribution in [3.63, 3.8) is 0 Å². The van der Waals surface area contributed by atoms with Gasteiger partial charge < -0.3 is 14.6 Å². The Kier molecular flexibility index (Phi) is 5.42. The van der Waals surface area contributed by atoms with Gasteiger partial charge in [0.25, 0.3) is 0 Å². The summed E-state index contributed by atoms with van der Waals surface area (Å²) in [4.78, 5) is 4.27. The second kappa shape index (κ2) is 7.08. The van der Waals surface area contributed by atoms with Crippen molar-refractivity contribution in [2.75, 3.05) is 36.6 Å². The van der Waals surface area contributed by atoms with Gasteiger partial charge in [0, 0.05) is 38.7 Å². The monoisotopic (exact) mass is 301 g/mol. The van der Waals surface area contributed by atoms with Gasteiger partial charge in [-0.2, -0.15) is 0 Å². The fraction of sp³-hybridized carbons (Fsp3) is 0.769. The molecule has 1 aromatic heterocycles. The number of hydrogen-bond acceptors (Lipinski definition) is 5. The number of ether oxygens (including phenoxy) is 1. The highest BCUT2D eigenvalue weighted by molar-refractivity contribution is 7.91. The number of anilines is 1. The zero-order valence-corrected chi connectivity index (χ0v) is 12.7. The number of hydrogen-bond donors (Lipinski definition) is 1. The van der Waals surface area contributed by atoms with Crippen LogP contribution in [0.1, 0.15) is 19.8 Å². The molecule has 1 unspecified atom stereocenters. The van der Waals surface area contributed by atoms with E-state index in [0.29, 0.717) is 18.1 Å². The summed E-state index contributed by atoms with van der Waals surface area (Å²) in [7, 11) is -2.81. The van der Waals surface area contributed by atoms with Gasteiger partial charge in [-0.05, 0) is 25.7 Å². The molecular formula is C13H23N3O3S. The number of aromatic nitrogens is 2. The largest absolute Gasteiger partial charge is 0.382 e. The minimum atomic E-state index is -2.81. The van der Waals surface area contributed by atoms with E-state index in [1.165, 1.54) is 0 Å². The second-order valence-corrected chi connectivity index (χ2v) is 7.38. The molecule has 1 aliphatic heterocycles. The van der Waals surface area contributed by atoms with Gasteiger partial charge in [0.1, 0.15) is 0 Å². The Balaban J connectivity index is 1.80. The van der Waals surface area contributed by atoms with Gasteiger partial charge in [-0.25, -0.2) is 13.4 Å². The normalized spacial score (nSPS) is 21.1. The number of nitrogens with one attached hydrogen (secondary N) is 1. The van der Waals surface area contributed by atoms with Crippen LogP contribution in [0.2, 0.25) is 0 Å². The summed E-state index contributed by atoms with van der Waals surface area (Å²) in [6, 6.07) is 0. The highest BCUT2D eigenvalue weighted by atomic mass is 32.2. The van der Waals surface area contributed by atoms with Crippen LogP contribution >= 0.6 is 0 Å². The molecule has 0 aromatic carbocycles. The maximum absolute atomic E-state index is 11.5. The molecule has 1 atom stereocenters. The van der Waals surface area contributed by atoms with Gasteiger partial charge in [-0.1, -0.05) is 0 Å². The summed E-state index contributed by atoms with van der Waals surface area (Å²) in [6.45, 7) is 4.98. The third-order valence-corrected chi connectivity index (χ3v) is 5.29. The Morgan fingerprint density at radius 1 is 1.55 bits per heavy atom. The van der Waals surface area contributed by atoms with Crippen molar-refractivity contribution in [1.82, 2.24) is 9.55 Å². The number of imidazole rings is 1. The van der Waals surface area contributed by atoms with E-state index in [1.807, 2.05) is 17.7 Å². The molecule has 1 aliphatic rings. The molecule has 1 aromatic rings. The summed E-state index contributed by atoms with van der Waals surface area (Å²) in [6.07, 6.45) is 5.33. The molecule has 114 valence electrons. The average molecular weight is 301 g/mol. The first-order valence-electron chi connectivity index (χ1n) is 7.14. The molecule has 1 fully saturated rings. The maximum Gasteiger partial charge on any atom is 0.202 e. The van der Waals surface area contributed by atoms with Crippen LogP contribution in [-0.4, -0.2) is 49.2 Å². The van der Waals surface area contributed by atoms with Crippen LogP contribution in [0.3, 0.4) is 0 Å². The second-order valence-electron chi connectivity index (χ2n) is 5.15. The molecule has 0 spiro atoms. The molecule has 0 bridgehead atoms. The van der Waals surface area contributed by atoms with Gasteiger partial charge in [0.15, 0.2) is 9.84 Å². The minimum absolute atomic E-state index is 0.207. The molecule has 20 heavy (non-hydrogen) atoms. The third kappa shape index (κ3) is 4.49. The Hall–Kier alpha value is -1.08. The van der Waals surface area contributed by atoms with Crippen molar-refractivity contribution in [3.8, 4) is 0 Å². The van der Waals surface area contributed by atoms with Gasteiger partial charge >= 0.3 is 0 Å². The number of rotatable bonds is 8. The first-order valence-corrected chi connectivity index (χ1v) is 8.96. The van der Waals surface area contributed by atoms with E-state index in [0.717, 1.165) is 38.5 Å². The van der Waals surface area contributed by atoms with Crippen LogP contribution < -0.4 is 5.32 Å². The number of sulfone groups is 1. The lowest BCUT2D eigenvalue weighted by molar-refractivity contribution is 0.147. The van der Waals surface area contributed by atoms with E-state index in [2.05, 4.69) is 10.3 Å². The van der Waals surface area contributed by atoms with E-state index in [-0.39, 0.29) is 5.92 Å². The van der Waals surface area contributed by atoms with Gasteiger partial charge in [0.05, 0.1) is 11.5 Å². The Labute approximate surface area is 120 Å². The quantitative estimate of drug-likeness (QED) is 0.729. The van der Waals surface area contributed by atoms with Crippen molar-refractivity contribution in [3.05, 3.63) is 12.4 Å². The highest BCUT2D eigenvalue weighted by Crippen LogP contribution is 2.21. The highest BCUT2D eigenvalue weighted by Gasteiger charge is 2.28. The van der Waals surface area contributed by atoms with E-state index < -0.39 is 9.84 Å². The fourth-order valence-electron chi connectivity index (χ4n) is 2.44. The number of nitrogens with zero attached hydrogens (tertiary/aromatic N) is 2. The van der Waals surface area contributed by atoms with Crippen LogP contribution in [0, 0.1) is 5.92 Å². The average Bonchev–Trinajstić information content (AvgIpc) is 2.96. The van der Waals surface area contributed by atoms with Crippen LogP contribution in [0.4, 0.5) is 5.95 Å². The predicted octanol–water partition coefficient (Wildman–Crippen LogP) is 1.16. The van der Waals surface area contributed by atoms with Crippen molar-refractivity contribution >= 4 is 15.8 Å². The molecule has 1 N–H and O–H groups in total. The Morgan fingerprint density at radius 2 is 2.40 bits per heavy atom. The molecule has 2 heterocycles. The van der Waals surface area contributed by atoms with Crippen LogP contribution in [0.15, 0.2) is 12.4 Å². The van der Waals surface area contributed by atoms with Crippen LogP contribution in [0.5, 0.6) is 0 Å². The minimum Gasteiger partial charge on any atom is -0.382 e.